The highest BCUT2D eigenvalue weighted by atomic mass is 19.1. The van der Waals surface area contributed by atoms with E-state index in [0.717, 1.165) is 6.07 Å². The van der Waals surface area contributed by atoms with Gasteiger partial charge in [-0.3, -0.25) is 4.79 Å². The van der Waals surface area contributed by atoms with Crippen LogP contribution in [0.4, 0.5) is 4.39 Å². The van der Waals surface area contributed by atoms with Crippen LogP contribution < -0.4 is 10.3 Å². The summed E-state index contributed by atoms with van der Waals surface area (Å²) in [4.78, 5) is 22.2. The molecule has 0 radical (unpaired) electrons. The maximum atomic E-state index is 13.2. The Hall–Kier alpha value is -2.50. The van der Waals surface area contributed by atoms with Crippen LogP contribution in [0.15, 0.2) is 41.2 Å². The van der Waals surface area contributed by atoms with E-state index in [1.54, 1.807) is 0 Å². The van der Waals surface area contributed by atoms with Crippen molar-refractivity contribution in [1.82, 2.24) is 10.2 Å². The summed E-state index contributed by atoms with van der Waals surface area (Å²) in [6, 6.07) is 7.83. The molecule has 0 bridgehead atoms. The minimum absolute atomic E-state index is 0.104. The van der Waals surface area contributed by atoms with E-state index in [9.17, 15) is 14.0 Å². The standard InChI is InChI=1S/C11H7FN2O3/c12-7-3-1-2-4-9(7)17-11(16)8-5-6-10(15)14-13-8/h1-6H,(H,14,15). The molecular formula is C11H7FN2O3. The molecule has 1 N–H and O–H groups in total. The van der Waals surface area contributed by atoms with Gasteiger partial charge in [-0.15, -0.1) is 0 Å². The Bertz CT molecular complexity index is 589. The van der Waals surface area contributed by atoms with Gasteiger partial charge in [-0.05, 0) is 18.2 Å². The number of hydrogen-bond acceptors (Lipinski definition) is 4. The van der Waals surface area contributed by atoms with Crippen LogP contribution in [0.1, 0.15) is 10.5 Å². The summed E-state index contributed by atoms with van der Waals surface area (Å²) in [5.41, 5.74) is -0.541. The molecule has 2 rings (SSSR count). The molecule has 0 unspecified atom stereocenters. The van der Waals surface area contributed by atoms with Crippen LogP contribution in [0.5, 0.6) is 5.75 Å². The van der Waals surface area contributed by atoms with E-state index < -0.39 is 17.3 Å². The van der Waals surface area contributed by atoms with Crippen LogP contribution in [0.3, 0.4) is 0 Å². The van der Waals surface area contributed by atoms with Gasteiger partial charge in [0.1, 0.15) is 0 Å². The molecule has 17 heavy (non-hydrogen) atoms. The molecule has 1 heterocycles. The highest BCUT2D eigenvalue weighted by Crippen LogP contribution is 2.16. The predicted octanol–water partition coefficient (Wildman–Crippen LogP) is 1.13. The number of aromatic nitrogens is 2. The molecule has 0 aliphatic carbocycles. The second-order valence-corrected chi connectivity index (χ2v) is 3.13. The van der Waals surface area contributed by atoms with Crippen molar-refractivity contribution < 1.29 is 13.9 Å². The van der Waals surface area contributed by atoms with E-state index in [4.69, 9.17) is 4.74 Å². The van der Waals surface area contributed by atoms with Crippen LogP contribution in [0.2, 0.25) is 0 Å². The fraction of sp³-hybridized carbons (Fsp3) is 0. The third kappa shape index (κ3) is 2.54. The lowest BCUT2D eigenvalue weighted by Crippen LogP contribution is -2.15. The molecule has 0 aliphatic heterocycles. The average molecular weight is 234 g/mol. The van der Waals surface area contributed by atoms with Crippen molar-refractivity contribution in [2.75, 3.05) is 0 Å². The maximum Gasteiger partial charge on any atom is 0.364 e. The Labute approximate surface area is 94.9 Å². The number of halogens is 1. The molecule has 0 saturated carbocycles. The molecule has 6 heteroatoms. The van der Waals surface area contributed by atoms with Crippen molar-refractivity contribution in [3.63, 3.8) is 0 Å². The summed E-state index contributed by atoms with van der Waals surface area (Å²) in [6.07, 6.45) is 0. The molecule has 0 fully saturated rings. The first kappa shape index (κ1) is 11.0. The smallest absolute Gasteiger partial charge is 0.364 e. The van der Waals surface area contributed by atoms with Crippen molar-refractivity contribution in [1.29, 1.82) is 0 Å². The minimum atomic E-state index is -0.841. The number of esters is 1. The third-order valence-corrected chi connectivity index (χ3v) is 1.93. The van der Waals surface area contributed by atoms with Gasteiger partial charge < -0.3 is 4.74 Å². The van der Waals surface area contributed by atoms with Gasteiger partial charge in [-0.1, -0.05) is 12.1 Å². The first-order chi connectivity index (χ1) is 8.16. The summed E-state index contributed by atoms with van der Waals surface area (Å²) in [7, 11) is 0. The number of ether oxygens (including phenoxy) is 1. The molecular weight excluding hydrogens is 227 g/mol. The highest BCUT2D eigenvalue weighted by molar-refractivity contribution is 5.88. The zero-order valence-corrected chi connectivity index (χ0v) is 8.51. The number of nitrogens with zero attached hydrogens (tertiary/aromatic N) is 1. The van der Waals surface area contributed by atoms with Gasteiger partial charge in [-0.25, -0.2) is 14.3 Å². The highest BCUT2D eigenvalue weighted by Gasteiger charge is 2.12. The van der Waals surface area contributed by atoms with E-state index in [2.05, 4.69) is 10.2 Å². The number of para-hydroxylation sites is 1. The Morgan fingerprint density at radius 3 is 2.65 bits per heavy atom. The van der Waals surface area contributed by atoms with Crippen LogP contribution in [0, 0.1) is 5.82 Å². The number of nitrogens with one attached hydrogen (secondary N) is 1. The van der Waals surface area contributed by atoms with E-state index >= 15 is 0 Å². The molecule has 1 aromatic heterocycles. The molecule has 1 aromatic carbocycles. The Kier molecular flexibility index (Phi) is 2.95. The molecule has 86 valence electrons. The summed E-state index contributed by atoms with van der Waals surface area (Å²) in [6.45, 7) is 0. The van der Waals surface area contributed by atoms with Gasteiger partial charge >= 0.3 is 5.97 Å². The molecule has 5 nitrogen and oxygen atoms in total. The van der Waals surface area contributed by atoms with E-state index in [-0.39, 0.29) is 11.4 Å². The molecule has 2 aromatic rings. The minimum Gasteiger partial charge on any atom is -0.419 e. The third-order valence-electron chi connectivity index (χ3n) is 1.93. The van der Waals surface area contributed by atoms with E-state index in [1.807, 2.05) is 0 Å². The predicted molar refractivity (Wildman–Crippen MR) is 56.2 cm³/mol. The number of benzene rings is 1. The van der Waals surface area contributed by atoms with Crippen molar-refractivity contribution in [3.8, 4) is 5.75 Å². The van der Waals surface area contributed by atoms with Gasteiger partial charge in [0.25, 0.3) is 5.56 Å². The van der Waals surface area contributed by atoms with Gasteiger partial charge in [-0.2, -0.15) is 5.10 Å². The van der Waals surface area contributed by atoms with Crippen LogP contribution in [-0.4, -0.2) is 16.2 Å². The zero-order chi connectivity index (χ0) is 12.3. The normalized spacial score (nSPS) is 9.94. The van der Waals surface area contributed by atoms with E-state index in [1.165, 1.54) is 30.3 Å². The lowest BCUT2D eigenvalue weighted by molar-refractivity contribution is 0.0720. The average Bonchev–Trinajstić information content (AvgIpc) is 2.33. The number of hydrogen-bond donors (Lipinski definition) is 1. The first-order valence-electron chi connectivity index (χ1n) is 4.69. The number of aromatic amines is 1. The van der Waals surface area contributed by atoms with Crippen LogP contribution in [-0.2, 0) is 0 Å². The molecule has 0 amide bonds. The number of carbonyl (C=O) groups excluding carboxylic acids is 1. The monoisotopic (exact) mass is 234 g/mol. The SMILES string of the molecule is O=C(Oc1ccccc1F)c1ccc(=O)[nH]n1. The van der Waals surface area contributed by atoms with Gasteiger partial charge in [0, 0.05) is 6.07 Å². The summed E-state index contributed by atoms with van der Waals surface area (Å²) >= 11 is 0. The second kappa shape index (κ2) is 4.56. The summed E-state index contributed by atoms with van der Waals surface area (Å²) in [5, 5.41) is 5.55. The lowest BCUT2D eigenvalue weighted by atomic mass is 10.3. The Morgan fingerprint density at radius 2 is 2.00 bits per heavy atom. The fourth-order valence-corrected chi connectivity index (χ4v) is 1.14. The molecule has 0 spiro atoms. The molecule has 0 aliphatic rings. The van der Waals surface area contributed by atoms with Crippen molar-refractivity contribution in [2.45, 2.75) is 0 Å². The number of carbonyl (C=O) groups is 1. The van der Waals surface area contributed by atoms with Gasteiger partial charge in [0.2, 0.25) is 0 Å². The second-order valence-electron chi connectivity index (χ2n) is 3.13. The Morgan fingerprint density at radius 1 is 1.24 bits per heavy atom. The van der Waals surface area contributed by atoms with Crippen LogP contribution >= 0.6 is 0 Å². The van der Waals surface area contributed by atoms with Gasteiger partial charge in [0.05, 0.1) is 0 Å². The van der Waals surface area contributed by atoms with Gasteiger partial charge in [0.15, 0.2) is 17.3 Å². The van der Waals surface area contributed by atoms with E-state index in [0.29, 0.717) is 0 Å². The van der Waals surface area contributed by atoms with Crippen molar-refractivity contribution in [2.24, 2.45) is 0 Å². The number of rotatable bonds is 2. The first-order valence-corrected chi connectivity index (χ1v) is 4.69. The fourth-order valence-electron chi connectivity index (χ4n) is 1.14. The van der Waals surface area contributed by atoms with Crippen molar-refractivity contribution >= 4 is 5.97 Å². The maximum absolute atomic E-state index is 13.2. The quantitative estimate of drug-likeness (QED) is 0.624. The summed E-state index contributed by atoms with van der Waals surface area (Å²) in [5.74, 6) is -1.68. The topological polar surface area (TPSA) is 72.1 Å². The lowest BCUT2D eigenvalue weighted by Gasteiger charge is -2.03. The molecule has 0 atom stereocenters. The largest absolute Gasteiger partial charge is 0.419 e. The Balaban J connectivity index is 2.20. The van der Waals surface area contributed by atoms with Crippen LogP contribution in [0.25, 0.3) is 0 Å². The van der Waals surface area contributed by atoms with Crippen molar-refractivity contribution in [3.05, 3.63) is 58.3 Å². The zero-order valence-electron chi connectivity index (χ0n) is 8.51. The summed E-state index contributed by atoms with van der Waals surface area (Å²) < 4.78 is 17.9. The molecule has 0 saturated heterocycles. The number of H-pyrrole nitrogens is 1.